The summed E-state index contributed by atoms with van der Waals surface area (Å²) in [5, 5.41) is 2.67. The number of carbonyl (C=O) groups is 2. The van der Waals surface area contributed by atoms with E-state index < -0.39 is 11.7 Å². The molecule has 0 aromatic rings. The number of allylic oxidation sites excluding steroid dienone is 1. The van der Waals surface area contributed by atoms with Gasteiger partial charge in [-0.05, 0) is 118 Å². The van der Waals surface area contributed by atoms with Gasteiger partial charge >= 0.3 is 12.1 Å². The molecule has 8 atom stereocenters. The van der Waals surface area contributed by atoms with Crippen LogP contribution >= 0.6 is 0 Å². The van der Waals surface area contributed by atoms with E-state index in [2.05, 4.69) is 46.0 Å². The maximum atomic E-state index is 12.7. The number of amides is 1. The number of fused-ring (bicyclic) bond motifs is 5. The normalized spacial score (nSPS) is 32.5. The minimum absolute atomic E-state index is 0.0124. The Balaban J connectivity index is 1.13. The molecule has 1 amide bonds. The highest BCUT2D eigenvalue weighted by Crippen LogP contribution is 2.67. The lowest BCUT2D eigenvalue weighted by molar-refractivity contribution is -0.152. The summed E-state index contributed by atoms with van der Waals surface area (Å²) in [4.78, 5) is 24.3. The molecular weight excluding hydrogens is 590 g/mol. The Labute approximate surface area is 287 Å². The second kappa shape index (κ2) is 16.9. The first-order valence-corrected chi connectivity index (χ1v) is 19.2. The molecule has 0 aliphatic heterocycles. The van der Waals surface area contributed by atoms with Crippen LogP contribution in [-0.4, -0.2) is 56.7 Å². The third kappa shape index (κ3) is 10.2. The molecule has 3 fully saturated rings. The van der Waals surface area contributed by atoms with Gasteiger partial charge in [0.15, 0.2) is 0 Å². The minimum atomic E-state index is -0.511. The van der Waals surface area contributed by atoms with E-state index >= 15 is 0 Å². The fourth-order valence-corrected chi connectivity index (χ4v) is 10.2. The Morgan fingerprint density at radius 1 is 0.915 bits per heavy atom. The smallest absolute Gasteiger partial charge is 0.407 e. The molecule has 0 radical (unpaired) electrons. The molecule has 0 bridgehead atoms. The summed E-state index contributed by atoms with van der Waals surface area (Å²) in [5.74, 6) is 4.95. The minimum Gasteiger partial charge on any atom is -0.462 e. The van der Waals surface area contributed by atoms with E-state index in [0.29, 0.717) is 51.2 Å². The predicted molar refractivity (Wildman–Crippen MR) is 188 cm³/mol. The number of carbonyl (C=O) groups excluding carboxylic acids is 2. The van der Waals surface area contributed by atoms with Crippen molar-refractivity contribution in [1.29, 1.82) is 0 Å². The SMILES string of the molecule is CC(C)CCC[C@@H](C)[C@@H]1CC[C@@H]2[C@@H]3CC=C4C[C@@H](OC(=O)CCCOCCOCCNC(=O)OC(C)(C)C)CC[C@]4(C)[C@@H]3CC[C@@]21C. The summed E-state index contributed by atoms with van der Waals surface area (Å²) in [6.07, 6.45) is 17.3. The lowest BCUT2D eigenvalue weighted by Gasteiger charge is -2.58. The molecule has 4 aliphatic carbocycles. The van der Waals surface area contributed by atoms with E-state index in [9.17, 15) is 9.59 Å². The molecule has 0 aromatic heterocycles. The van der Waals surface area contributed by atoms with Crippen molar-refractivity contribution in [3.8, 4) is 0 Å². The van der Waals surface area contributed by atoms with Gasteiger partial charge in [0, 0.05) is 26.0 Å². The van der Waals surface area contributed by atoms with Gasteiger partial charge in [0.05, 0.1) is 19.8 Å². The lowest BCUT2D eigenvalue weighted by Crippen LogP contribution is -2.51. The van der Waals surface area contributed by atoms with E-state index in [1.54, 1.807) is 5.57 Å². The van der Waals surface area contributed by atoms with E-state index in [1.807, 2.05) is 20.8 Å². The first-order chi connectivity index (χ1) is 22.2. The van der Waals surface area contributed by atoms with E-state index in [4.69, 9.17) is 18.9 Å². The monoisotopic (exact) mass is 660 g/mol. The molecule has 4 aliphatic rings. The maximum Gasteiger partial charge on any atom is 0.407 e. The van der Waals surface area contributed by atoms with Crippen LogP contribution in [0.15, 0.2) is 11.6 Å². The maximum absolute atomic E-state index is 12.7. The fraction of sp³-hybridized carbons (Fsp3) is 0.900. The zero-order valence-electron chi connectivity index (χ0n) is 31.3. The molecule has 47 heavy (non-hydrogen) atoms. The van der Waals surface area contributed by atoms with Crippen LogP contribution < -0.4 is 5.32 Å². The second-order valence-electron chi connectivity index (χ2n) is 17.4. The van der Waals surface area contributed by atoms with Gasteiger partial charge in [0.2, 0.25) is 0 Å². The van der Waals surface area contributed by atoms with Crippen LogP contribution in [0.1, 0.15) is 139 Å². The van der Waals surface area contributed by atoms with Gasteiger partial charge in [-0.15, -0.1) is 0 Å². The number of hydrogen-bond donors (Lipinski definition) is 1. The van der Waals surface area contributed by atoms with Crippen molar-refractivity contribution in [2.24, 2.45) is 46.3 Å². The van der Waals surface area contributed by atoms with Crippen LogP contribution in [0, 0.1) is 46.3 Å². The second-order valence-corrected chi connectivity index (χ2v) is 17.4. The first kappa shape index (κ1) is 38.2. The Kier molecular flexibility index (Phi) is 13.7. The summed E-state index contributed by atoms with van der Waals surface area (Å²) in [7, 11) is 0. The van der Waals surface area contributed by atoms with Gasteiger partial charge in [0.1, 0.15) is 11.7 Å². The number of esters is 1. The highest BCUT2D eigenvalue weighted by molar-refractivity contribution is 5.69. The number of alkyl carbamates (subject to hydrolysis) is 1. The molecule has 270 valence electrons. The molecule has 0 spiro atoms. The number of hydrogen-bond acceptors (Lipinski definition) is 6. The van der Waals surface area contributed by atoms with Crippen LogP contribution in [0.3, 0.4) is 0 Å². The van der Waals surface area contributed by atoms with Crippen LogP contribution in [0.5, 0.6) is 0 Å². The molecule has 0 heterocycles. The van der Waals surface area contributed by atoms with Gasteiger partial charge in [-0.25, -0.2) is 4.79 Å². The predicted octanol–water partition coefficient (Wildman–Crippen LogP) is 9.28. The van der Waals surface area contributed by atoms with Gasteiger partial charge in [-0.1, -0.05) is 65.5 Å². The molecule has 7 heteroatoms. The van der Waals surface area contributed by atoms with Crippen LogP contribution in [0.25, 0.3) is 0 Å². The quantitative estimate of drug-likeness (QED) is 0.101. The molecule has 1 N–H and O–H groups in total. The summed E-state index contributed by atoms with van der Waals surface area (Å²) < 4.78 is 22.3. The van der Waals surface area contributed by atoms with Gasteiger partial charge in [-0.2, -0.15) is 0 Å². The fourth-order valence-electron chi connectivity index (χ4n) is 10.2. The third-order valence-corrected chi connectivity index (χ3v) is 12.5. The van der Waals surface area contributed by atoms with Crippen molar-refractivity contribution in [3.05, 3.63) is 11.6 Å². The Morgan fingerprint density at radius 3 is 2.38 bits per heavy atom. The van der Waals surface area contributed by atoms with Crippen molar-refractivity contribution in [1.82, 2.24) is 5.32 Å². The topological polar surface area (TPSA) is 83.1 Å². The van der Waals surface area contributed by atoms with Gasteiger partial charge in [-0.3, -0.25) is 4.79 Å². The Hall–Kier alpha value is -1.60. The molecule has 0 saturated heterocycles. The van der Waals surface area contributed by atoms with Crippen molar-refractivity contribution in [2.75, 3.05) is 33.0 Å². The summed E-state index contributed by atoms with van der Waals surface area (Å²) in [6.45, 7) is 20.2. The summed E-state index contributed by atoms with van der Waals surface area (Å²) in [5.41, 5.74) is 1.86. The van der Waals surface area contributed by atoms with Crippen molar-refractivity contribution >= 4 is 12.1 Å². The van der Waals surface area contributed by atoms with E-state index in [1.165, 1.54) is 51.4 Å². The third-order valence-electron chi connectivity index (χ3n) is 12.5. The van der Waals surface area contributed by atoms with Crippen molar-refractivity contribution in [2.45, 2.75) is 151 Å². The van der Waals surface area contributed by atoms with Gasteiger partial charge in [0.25, 0.3) is 0 Å². The van der Waals surface area contributed by atoms with E-state index in [-0.39, 0.29) is 17.5 Å². The number of nitrogens with one attached hydrogen (secondary N) is 1. The highest BCUT2D eigenvalue weighted by Gasteiger charge is 2.59. The molecule has 0 aromatic carbocycles. The Morgan fingerprint density at radius 2 is 1.66 bits per heavy atom. The molecular formula is C40H69NO6. The summed E-state index contributed by atoms with van der Waals surface area (Å²) in [6, 6.07) is 0. The van der Waals surface area contributed by atoms with Crippen LogP contribution in [0.2, 0.25) is 0 Å². The zero-order chi connectivity index (χ0) is 34.2. The molecule has 7 nitrogen and oxygen atoms in total. The van der Waals surface area contributed by atoms with Gasteiger partial charge < -0.3 is 24.3 Å². The number of rotatable bonds is 16. The van der Waals surface area contributed by atoms with Crippen LogP contribution in [0.4, 0.5) is 4.79 Å². The lowest BCUT2D eigenvalue weighted by atomic mass is 9.47. The number of ether oxygens (including phenoxy) is 4. The van der Waals surface area contributed by atoms with E-state index in [0.717, 1.165) is 54.8 Å². The molecule has 4 rings (SSSR count). The highest BCUT2D eigenvalue weighted by atomic mass is 16.6. The van der Waals surface area contributed by atoms with Crippen LogP contribution in [-0.2, 0) is 23.7 Å². The first-order valence-electron chi connectivity index (χ1n) is 19.2. The Bertz CT molecular complexity index is 1050. The van der Waals surface area contributed by atoms with Crippen molar-refractivity contribution in [3.63, 3.8) is 0 Å². The summed E-state index contributed by atoms with van der Waals surface area (Å²) >= 11 is 0. The molecule has 3 saturated carbocycles. The van der Waals surface area contributed by atoms with Crippen molar-refractivity contribution < 1.29 is 28.5 Å². The largest absolute Gasteiger partial charge is 0.462 e. The zero-order valence-corrected chi connectivity index (χ0v) is 31.3. The average molecular weight is 660 g/mol. The standard InChI is InChI=1S/C40H69NO6/c1-28(2)11-9-12-29(3)33-16-17-34-32-15-14-30-27-31(18-20-39(30,7)35(32)19-21-40(33,34)8)46-36(42)13-10-23-44-25-26-45-24-22-41-37(43)47-38(4,5)6/h14,28-29,31-35H,9-13,15-27H2,1-8H3,(H,41,43)/t29-,31+,32+,33+,34-,35-,39+,40-/m1/s1. The average Bonchev–Trinajstić information content (AvgIpc) is 3.34. The molecule has 0 unspecified atom stereocenters.